The zero-order chi connectivity index (χ0) is 7.82. The SMILES string of the molecule is [CH2]C(CC)CCCCCC. The number of unbranched alkanes of at least 4 members (excludes halogenated alkanes) is 3. The summed E-state index contributed by atoms with van der Waals surface area (Å²) in [6.45, 7) is 8.53. The van der Waals surface area contributed by atoms with Crippen LogP contribution in [0.15, 0.2) is 0 Å². The van der Waals surface area contributed by atoms with Crippen molar-refractivity contribution in [3.8, 4) is 0 Å². The van der Waals surface area contributed by atoms with Crippen LogP contribution in [-0.4, -0.2) is 0 Å². The van der Waals surface area contributed by atoms with Crippen molar-refractivity contribution in [1.29, 1.82) is 0 Å². The first-order chi connectivity index (χ1) is 4.81. The Morgan fingerprint density at radius 2 is 1.80 bits per heavy atom. The molecule has 0 fully saturated rings. The lowest BCUT2D eigenvalue weighted by Crippen LogP contribution is -1.91. The van der Waals surface area contributed by atoms with Crippen LogP contribution in [0.25, 0.3) is 0 Å². The standard InChI is InChI=1S/C10H21/c1-4-6-7-8-9-10(3)5-2/h10H,3-9H2,1-2H3. The lowest BCUT2D eigenvalue weighted by Gasteiger charge is -2.06. The van der Waals surface area contributed by atoms with Crippen LogP contribution in [-0.2, 0) is 0 Å². The van der Waals surface area contributed by atoms with Gasteiger partial charge in [-0.2, -0.15) is 0 Å². The third kappa shape index (κ3) is 6.12. The molecule has 0 rings (SSSR count). The minimum Gasteiger partial charge on any atom is -0.0654 e. The van der Waals surface area contributed by atoms with E-state index in [4.69, 9.17) is 0 Å². The van der Waals surface area contributed by atoms with Crippen LogP contribution in [0.4, 0.5) is 0 Å². The van der Waals surface area contributed by atoms with Crippen molar-refractivity contribution in [1.82, 2.24) is 0 Å². The van der Waals surface area contributed by atoms with E-state index in [1.165, 1.54) is 38.5 Å². The van der Waals surface area contributed by atoms with Gasteiger partial charge >= 0.3 is 0 Å². The molecule has 0 amide bonds. The lowest BCUT2D eigenvalue weighted by molar-refractivity contribution is 0.515. The van der Waals surface area contributed by atoms with Gasteiger partial charge in [-0.05, 0) is 5.92 Å². The molecule has 0 aromatic rings. The summed E-state index contributed by atoms with van der Waals surface area (Å²) in [7, 11) is 0. The van der Waals surface area contributed by atoms with Crippen LogP contribution in [0, 0.1) is 12.8 Å². The fourth-order valence-electron chi connectivity index (χ4n) is 1.06. The first-order valence-corrected chi connectivity index (χ1v) is 4.64. The molecule has 0 N–H and O–H groups in total. The van der Waals surface area contributed by atoms with E-state index in [0.717, 1.165) is 0 Å². The van der Waals surface area contributed by atoms with Gasteiger partial charge in [0.1, 0.15) is 0 Å². The van der Waals surface area contributed by atoms with Crippen LogP contribution in [0.2, 0.25) is 0 Å². The summed E-state index contributed by atoms with van der Waals surface area (Å²) in [5.41, 5.74) is 0. The Bertz CT molecular complexity index is 57.1. The molecule has 0 saturated heterocycles. The molecule has 10 heavy (non-hydrogen) atoms. The van der Waals surface area contributed by atoms with E-state index in [1.54, 1.807) is 0 Å². The highest BCUT2D eigenvalue weighted by molar-refractivity contribution is 4.58. The van der Waals surface area contributed by atoms with Gasteiger partial charge in [0.05, 0.1) is 0 Å². The molecule has 1 unspecified atom stereocenters. The summed E-state index contributed by atoms with van der Waals surface area (Å²) in [5, 5.41) is 0. The number of rotatable bonds is 6. The topological polar surface area (TPSA) is 0 Å². The van der Waals surface area contributed by atoms with Crippen molar-refractivity contribution in [3.05, 3.63) is 6.92 Å². The van der Waals surface area contributed by atoms with Crippen LogP contribution in [0.3, 0.4) is 0 Å². The second kappa shape index (κ2) is 7.11. The van der Waals surface area contributed by atoms with Crippen molar-refractivity contribution in [2.45, 2.75) is 52.4 Å². The van der Waals surface area contributed by atoms with Gasteiger partial charge in [0, 0.05) is 0 Å². The molecule has 0 heteroatoms. The summed E-state index contributed by atoms with van der Waals surface area (Å²) in [6.07, 6.45) is 8.10. The third-order valence-corrected chi connectivity index (χ3v) is 2.04. The third-order valence-electron chi connectivity index (χ3n) is 2.04. The Morgan fingerprint density at radius 1 is 1.10 bits per heavy atom. The number of hydrogen-bond donors (Lipinski definition) is 0. The van der Waals surface area contributed by atoms with Crippen LogP contribution < -0.4 is 0 Å². The maximum atomic E-state index is 4.05. The Hall–Kier alpha value is 0. The van der Waals surface area contributed by atoms with Crippen molar-refractivity contribution in [2.24, 2.45) is 5.92 Å². The molecule has 0 bridgehead atoms. The Balaban J connectivity index is 2.89. The largest absolute Gasteiger partial charge is 0.0654 e. The Kier molecular flexibility index (Phi) is 7.11. The van der Waals surface area contributed by atoms with Crippen molar-refractivity contribution in [3.63, 3.8) is 0 Å². The normalized spacial score (nSPS) is 13.5. The summed E-state index contributed by atoms with van der Waals surface area (Å²) in [6, 6.07) is 0. The van der Waals surface area contributed by atoms with Gasteiger partial charge in [0.2, 0.25) is 0 Å². The Morgan fingerprint density at radius 3 is 2.30 bits per heavy atom. The average molecular weight is 141 g/mol. The molecule has 1 radical (unpaired) electrons. The molecule has 0 nitrogen and oxygen atoms in total. The fourth-order valence-corrected chi connectivity index (χ4v) is 1.06. The van der Waals surface area contributed by atoms with Crippen molar-refractivity contribution in [2.75, 3.05) is 0 Å². The molecule has 0 aliphatic carbocycles. The highest BCUT2D eigenvalue weighted by Gasteiger charge is 1.96. The first kappa shape index (κ1) is 10.0. The molecule has 0 spiro atoms. The van der Waals surface area contributed by atoms with Crippen molar-refractivity contribution >= 4 is 0 Å². The smallest absolute Gasteiger partial charge is 0.0417 e. The van der Waals surface area contributed by atoms with Gasteiger partial charge in [-0.3, -0.25) is 0 Å². The molecule has 0 saturated carbocycles. The summed E-state index contributed by atoms with van der Waals surface area (Å²) in [5.74, 6) is 0.705. The second-order valence-corrected chi connectivity index (χ2v) is 3.12. The van der Waals surface area contributed by atoms with E-state index < -0.39 is 0 Å². The quantitative estimate of drug-likeness (QED) is 0.493. The van der Waals surface area contributed by atoms with Gasteiger partial charge in [0.15, 0.2) is 0 Å². The molecule has 61 valence electrons. The van der Waals surface area contributed by atoms with Gasteiger partial charge < -0.3 is 0 Å². The molecule has 0 aliphatic heterocycles. The highest BCUT2D eigenvalue weighted by Crippen LogP contribution is 2.12. The summed E-state index contributed by atoms with van der Waals surface area (Å²) >= 11 is 0. The van der Waals surface area contributed by atoms with E-state index in [2.05, 4.69) is 20.8 Å². The highest BCUT2D eigenvalue weighted by atomic mass is 14.0. The summed E-state index contributed by atoms with van der Waals surface area (Å²) in [4.78, 5) is 0. The van der Waals surface area contributed by atoms with E-state index in [-0.39, 0.29) is 0 Å². The van der Waals surface area contributed by atoms with E-state index in [0.29, 0.717) is 5.92 Å². The average Bonchev–Trinajstić information content (AvgIpc) is 1.98. The monoisotopic (exact) mass is 141 g/mol. The molecule has 1 atom stereocenters. The second-order valence-electron chi connectivity index (χ2n) is 3.12. The zero-order valence-electron chi connectivity index (χ0n) is 7.53. The zero-order valence-corrected chi connectivity index (χ0v) is 7.53. The lowest BCUT2D eigenvalue weighted by atomic mass is 10.0. The number of hydrogen-bond acceptors (Lipinski definition) is 0. The van der Waals surface area contributed by atoms with E-state index in [1.807, 2.05) is 0 Å². The molecule has 0 aromatic heterocycles. The maximum Gasteiger partial charge on any atom is -0.0417 e. The van der Waals surface area contributed by atoms with Crippen LogP contribution in [0.5, 0.6) is 0 Å². The van der Waals surface area contributed by atoms with Crippen LogP contribution in [0.1, 0.15) is 52.4 Å². The summed E-state index contributed by atoms with van der Waals surface area (Å²) < 4.78 is 0. The van der Waals surface area contributed by atoms with Crippen LogP contribution >= 0.6 is 0 Å². The van der Waals surface area contributed by atoms with Gasteiger partial charge in [-0.1, -0.05) is 59.3 Å². The predicted octanol–water partition coefficient (Wildman–Crippen LogP) is 3.82. The van der Waals surface area contributed by atoms with E-state index in [9.17, 15) is 0 Å². The van der Waals surface area contributed by atoms with Crippen molar-refractivity contribution < 1.29 is 0 Å². The molecule has 0 aromatic carbocycles. The first-order valence-electron chi connectivity index (χ1n) is 4.64. The predicted molar refractivity (Wildman–Crippen MR) is 47.9 cm³/mol. The van der Waals surface area contributed by atoms with Gasteiger partial charge in [0.25, 0.3) is 0 Å². The van der Waals surface area contributed by atoms with Gasteiger partial charge in [-0.15, -0.1) is 0 Å². The van der Waals surface area contributed by atoms with Gasteiger partial charge in [-0.25, -0.2) is 0 Å². The molecule has 0 aliphatic rings. The minimum atomic E-state index is 0.705. The minimum absolute atomic E-state index is 0.705. The van der Waals surface area contributed by atoms with E-state index >= 15 is 0 Å². The maximum absolute atomic E-state index is 4.05. The Labute approximate surface area is 66.0 Å². The fraction of sp³-hybridized carbons (Fsp3) is 0.900. The molecule has 0 heterocycles. The molecular weight excluding hydrogens is 120 g/mol. The molecular formula is C10H21.